The van der Waals surface area contributed by atoms with Crippen molar-refractivity contribution in [2.24, 2.45) is 0 Å². The highest BCUT2D eigenvalue weighted by atomic mass is 32.2. The van der Waals surface area contributed by atoms with Gasteiger partial charge in [-0.15, -0.1) is 11.8 Å². The van der Waals surface area contributed by atoms with Gasteiger partial charge in [-0.05, 0) is 11.5 Å². The molecule has 1 rings (SSSR count). The summed E-state index contributed by atoms with van der Waals surface area (Å²) in [5.41, 5.74) is 0. The fourth-order valence-corrected chi connectivity index (χ4v) is 1.58. The number of esters is 1. The molecular formula is C6H8O3S. The van der Waals surface area contributed by atoms with Crippen LogP contribution in [0.5, 0.6) is 0 Å². The summed E-state index contributed by atoms with van der Waals surface area (Å²) in [5.74, 6) is -0.373. The molecule has 0 saturated carbocycles. The second-order valence-corrected chi connectivity index (χ2v) is 2.95. The van der Waals surface area contributed by atoms with Crippen molar-refractivity contribution in [2.75, 3.05) is 7.11 Å². The van der Waals surface area contributed by atoms with Gasteiger partial charge in [-0.3, -0.25) is 4.79 Å². The third-order valence-corrected chi connectivity index (χ3v) is 2.32. The summed E-state index contributed by atoms with van der Waals surface area (Å²) in [6.45, 7) is 0. The Morgan fingerprint density at radius 1 is 1.80 bits per heavy atom. The summed E-state index contributed by atoms with van der Waals surface area (Å²) in [5, 5.41) is 10.3. The first-order chi connectivity index (χ1) is 4.75. The Balaban J connectivity index is 2.51. The Bertz CT molecular complexity index is 166. The quantitative estimate of drug-likeness (QED) is 0.555. The van der Waals surface area contributed by atoms with E-state index in [9.17, 15) is 4.79 Å². The molecule has 0 saturated heterocycles. The van der Waals surface area contributed by atoms with Crippen LogP contribution in [0.4, 0.5) is 0 Å². The van der Waals surface area contributed by atoms with Gasteiger partial charge in [0.1, 0.15) is 5.25 Å². The second-order valence-electron chi connectivity index (χ2n) is 1.90. The molecule has 2 atom stereocenters. The van der Waals surface area contributed by atoms with Gasteiger partial charge in [-0.1, -0.05) is 0 Å². The molecule has 0 aromatic carbocycles. The predicted molar refractivity (Wildman–Crippen MR) is 38.5 cm³/mol. The van der Waals surface area contributed by atoms with E-state index in [1.807, 2.05) is 0 Å². The maximum absolute atomic E-state index is 10.8. The minimum atomic E-state index is -0.683. The zero-order chi connectivity index (χ0) is 7.56. The van der Waals surface area contributed by atoms with E-state index in [1.165, 1.54) is 18.9 Å². The van der Waals surface area contributed by atoms with E-state index in [2.05, 4.69) is 4.74 Å². The van der Waals surface area contributed by atoms with Crippen LogP contribution in [-0.4, -0.2) is 29.5 Å². The Hall–Kier alpha value is -0.480. The topological polar surface area (TPSA) is 46.5 Å². The summed E-state index contributed by atoms with van der Waals surface area (Å²) in [7, 11) is 1.31. The summed E-state index contributed by atoms with van der Waals surface area (Å²) < 4.78 is 4.44. The maximum Gasteiger partial charge on any atom is 0.322 e. The summed E-state index contributed by atoms with van der Waals surface area (Å²) in [6.07, 6.45) is 0.893. The molecular weight excluding hydrogens is 152 g/mol. The van der Waals surface area contributed by atoms with Gasteiger partial charge in [-0.2, -0.15) is 0 Å². The van der Waals surface area contributed by atoms with Gasteiger partial charge in [0.05, 0.1) is 13.2 Å². The van der Waals surface area contributed by atoms with Gasteiger partial charge in [0.2, 0.25) is 0 Å². The number of thioether (sulfide) groups is 1. The zero-order valence-corrected chi connectivity index (χ0v) is 6.30. The van der Waals surface area contributed by atoms with Crippen molar-refractivity contribution in [3.63, 3.8) is 0 Å². The molecule has 0 bridgehead atoms. The number of carbonyl (C=O) groups excluding carboxylic acids is 1. The fourth-order valence-electron chi connectivity index (χ4n) is 0.703. The lowest BCUT2D eigenvalue weighted by Gasteiger charge is -2.09. The van der Waals surface area contributed by atoms with Crippen LogP contribution < -0.4 is 0 Å². The van der Waals surface area contributed by atoms with Gasteiger partial charge >= 0.3 is 5.97 Å². The molecule has 0 fully saturated rings. The predicted octanol–water partition coefficient (Wildman–Crippen LogP) is 0.149. The number of aliphatic hydroxyl groups excluding tert-OH is 1. The standard InChI is InChI=1S/C6H8O3S/c1-9-6(8)5-4(7)2-3-10-5/h2-5,7H,1H3. The summed E-state index contributed by atoms with van der Waals surface area (Å²) >= 11 is 1.28. The van der Waals surface area contributed by atoms with E-state index in [0.717, 1.165) is 0 Å². The number of hydrogen-bond acceptors (Lipinski definition) is 4. The molecule has 4 heteroatoms. The number of rotatable bonds is 1. The fraction of sp³-hybridized carbons (Fsp3) is 0.500. The van der Waals surface area contributed by atoms with E-state index in [-0.39, 0.29) is 5.97 Å². The Morgan fingerprint density at radius 3 is 2.90 bits per heavy atom. The van der Waals surface area contributed by atoms with Crippen LogP contribution in [0, 0.1) is 0 Å². The van der Waals surface area contributed by atoms with E-state index < -0.39 is 11.4 Å². The van der Waals surface area contributed by atoms with Gasteiger partial charge in [0.25, 0.3) is 0 Å². The average molecular weight is 160 g/mol. The largest absolute Gasteiger partial charge is 0.468 e. The minimum absolute atomic E-state index is 0.373. The zero-order valence-electron chi connectivity index (χ0n) is 5.48. The van der Waals surface area contributed by atoms with E-state index in [0.29, 0.717) is 0 Å². The molecule has 0 aromatic heterocycles. The Labute approximate surface area is 63.1 Å². The SMILES string of the molecule is COC(=O)C1SC=CC1O. The van der Waals surface area contributed by atoms with Gasteiger partial charge in [0.15, 0.2) is 0 Å². The van der Waals surface area contributed by atoms with Crippen LogP contribution in [-0.2, 0) is 9.53 Å². The molecule has 3 nitrogen and oxygen atoms in total. The molecule has 1 aliphatic heterocycles. The highest BCUT2D eigenvalue weighted by molar-refractivity contribution is 8.03. The number of aliphatic hydroxyl groups is 1. The maximum atomic E-state index is 10.8. The van der Waals surface area contributed by atoms with Crippen LogP contribution in [0.3, 0.4) is 0 Å². The van der Waals surface area contributed by atoms with Gasteiger partial charge in [0, 0.05) is 0 Å². The molecule has 0 amide bonds. The van der Waals surface area contributed by atoms with Crippen molar-refractivity contribution in [1.29, 1.82) is 0 Å². The first-order valence-corrected chi connectivity index (χ1v) is 3.78. The van der Waals surface area contributed by atoms with Gasteiger partial charge < -0.3 is 9.84 Å². The summed E-state index contributed by atoms with van der Waals surface area (Å²) in [4.78, 5) is 10.8. The number of carbonyl (C=O) groups is 1. The molecule has 0 spiro atoms. The molecule has 0 radical (unpaired) electrons. The van der Waals surface area contributed by atoms with Crippen molar-refractivity contribution in [3.05, 3.63) is 11.5 Å². The van der Waals surface area contributed by atoms with E-state index in [4.69, 9.17) is 5.11 Å². The lowest BCUT2D eigenvalue weighted by Crippen LogP contribution is -2.27. The Morgan fingerprint density at radius 2 is 2.50 bits per heavy atom. The summed E-state index contributed by atoms with van der Waals surface area (Å²) in [6, 6.07) is 0. The number of hydrogen-bond donors (Lipinski definition) is 1. The smallest absolute Gasteiger partial charge is 0.322 e. The highest BCUT2D eigenvalue weighted by Gasteiger charge is 2.29. The first-order valence-electron chi connectivity index (χ1n) is 2.83. The normalized spacial score (nSPS) is 30.6. The van der Waals surface area contributed by atoms with Crippen molar-refractivity contribution < 1.29 is 14.6 Å². The van der Waals surface area contributed by atoms with Crippen LogP contribution in [0.1, 0.15) is 0 Å². The molecule has 10 heavy (non-hydrogen) atoms. The van der Waals surface area contributed by atoms with Crippen molar-refractivity contribution >= 4 is 17.7 Å². The number of ether oxygens (including phenoxy) is 1. The molecule has 0 aromatic rings. The number of methoxy groups -OCH3 is 1. The van der Waals surface area contributed by atoms with E-state index >= 15 is 0 Å². The minimum Gasteiger partial charge on any atom is -0.468 e. The van der Waals surface area contributed by atoms with Crippen molar-refractivity contribution in [1.82, 2.24) is 0 Å². The Kier molecular flexibility index (Phi) is 2.34. The lowest BCUT2D eigenvalue weighted by molar-refractivity contribution is -0.141. The average Bonchev–Trinajstić information content (AvgIpc) is 2.34. The molecule has 1 N–H and O–H groups in total. The molecule has 0 aliphatic carbocycles. The third-order valence-electron chi connectivity index (χ3n) is 1.24. The van der Waals surface area contributed by atoms with Crippen molar-refractivity contribution in [3.8, 4) is 0 Å². The lowest BCUT2D eigenvalue weighted by atomic mass is 10.2. The molecule has 2 unspecified atom stereocenters. The van der Waals surface area contributed by atoms with Crippen LogP contribution in [0.2, 0.25) is 0 Å². The highest BCUT2D eigenvalue weighted by Crippen LogP contribution is 2.25. The van der Waals surface area contributed by atoms with Crippen LogP contribution in [0.25, 0.3) is 0 Å². The monoisotopic (exact) mass is 160 g/mol. The second kappa shape index (κ2) is 3.07. The van der Waals surface area contributed by atoms with Crippen molar-refractivity contribution in [2.45, 2.75) is 11.4 Å². The van der Waals surface area contributed by atoms with Crippen LogP contribution in [0.15, 0.2) is 11.5 Å². The van der Waals surface area contributed by atoms with Gasteiger partial charge in [-0.25, -0.2) is 0 Å². The third kappa shape index (κ3) is 1.33. The molecule has 1 aliphatic rings. The van der Waals surface area contributed by atoms with Crippen LogP contribution >= 0.6 is 11.8 Å². The molecule has 1 heterocycles. The molecule has 56 valence electrons. The van der Waals surface area contributed by atoms with E-state index in [1.54, 1.807) is 11.5 Å². The first kappa shape index (κ1) is 7.63.